The fraction of sp³-hybridized carbons (Fsp3) is 0.429. The molecule has 0 spiro atoms. The third kappa shape index (κ3) is 4.94. The maximum Gasteiger partial charge on any atom is 0.114 e. The summed E-state index contributed by atoms with van der Waals surface area (Å²) in [7, 11) is 0. The molecule has 0 aromatic carbocycles. The first-order valence-corrected chi connectivity index (χ1v) is 2.94. The lowest BCUT2D eigenvalue weighted by Gasteiger charge is -1.86. The van der Waals surface area contributed by atoms with E-state index in [2.05, 4.69) is 23.6 Å². The third-order valence-corrected chi connectivity index (χ3v) is 1.00. The number of hydrogen-bond donors (Lipinski definition) is 0. The van der Waals surface area contributed by atoms with E-state index in [1.165, 1.54) is 11.9 Å². The van der Waals surface area contributed by atoms with Crippen LogP contribution in [0.5, 0.6) is 0 Å². The van der Waals surface area contributed by atoms with Crippen molar-refractivity contribution >= 4 is 13.1 Å². The van der Waals surface area contributed by atoms with Gasteiger partial charge >= 0.3 is 0 Å². The Morgan fingerprint density at radius 1 is 1.67 bits per heavy atom. The Bertz CT molecular complexity index is 134. The van der Waals surface area contributed by atoms with Crippen molar-refractivity contribution in [3.63, 3.8) is 0 Å². The summed E-state index contributed by atoms with van der Waals surface area (Å²) in [4.78, 5) is 7.30. The standard InChI is InChI=1S/C7H12N2/c1-4-7(2)5-9-6-8-3/h5-6H,3-4H2,1-2H3/b7-5+,9-6?. The zero-order valence-electron chi connectivity index (χ0n) is 5.96. The first-order valence-electron chi connectivity index (χ1n) is 2.94. The average molecular weight is 124 g/mol. The second-order valence-electron chi connectivity index (χ2n) is 1.78. The highest BCUT2D eigenvalue weighted by molar-refractivity contribution is 5.62. The van der Waals surface area contributed by atoms with Crippen LogP contribution < -0.4 is 0 Å². The van der Waals surface area contributed by atoms with Gasteiger partial charge in [-0.05, 0) is 20.1 Å². The van der Waals surface area contributed by atoms with Gasteiger partial charge in [-0.1, -0.05) is 12.5 Å². The summed E-state index contributed by atoms with van der Waals surface area (Å²) in [6.07, 6.45) is 4.25. The molecule has 0 heterocycles. The average Bonchev–Trinajstić information content (AvgIpc) is 1.89. The lowest BCUT2D eigenvalue weighted by molar-refractivity contribution is 1.09. The Morgan fingerprint density at radius 2 is 2.33 bits per heavy atom. The number of aliphatic imine (C=N–C) groups is 2. The molecule has 2 heteroatoms. The van der Waals surface area contributed by atoms with Crippen molar-refractivity contribution in [2.24, 2.45) is 9.98 Å². The summed E-state index contributed by atoms with van der Waals surface area (Å²) in [5, 5.41) is 0. The molecule has 0 atom stereocenters. The summed E-state index contributed by atoms with van der Waals surface area (Å²) in [5.41, 5.74) is 1.25. The molecule has 0 unspecified atom stereocenters. The Labute approximate surface area is 56.0 Å². The van der Waals surface area contributed by atoms with Crippen LogP contribution in [0.25, 0.3) is 0 Å². The lowest BCUT2D eigenvalue weighted by Crippen LogP contribution is -1.68. The van der Waals surface area contributed by atoms with Gasteiger partial charge in [-0.25, -0.2) is 4.99 Å². The monoisotopic (exact) mass is 124 g/mol. The van der Waals surface area contributed by atoms with E-state index in [9.17, 15) is 0 Å². The van der Waals surface area contributed by atoms with Crippen molar-refractivity contribution in [1.82, 2.24) is 0 Å². The highest BCUT2D eigenvalue weighted by Crippen LogP contribution is 1.96. The Balaban J connectivity index is 3.67. The molecule has 0 aromatic rings. The van der Waals surface area contributed by atoms with Gasteiger partial charge in [0.25, 0.3) is 0 Å². The van der Waals surface area contributed by atoms with Crippen LogP contribution in [0.4, 0.5) is 0 Å². The van der Waals surface area contributed by atoms with E-state index < -0.39 is 0 Å². The third-order valence-electron chi connectivity index (χ3n) is 1.00. The van der Waals surface area contributed by atoms with Crippen molar-refractivity contribution in [3.8, 4) is 0 Å². The molecular weight excluding hydrogens is 112 g/mol. The van der Waals surface area contributed by atoms with E-state index in [4.69, 9.17) is 0 Å². The molecule has 0 radical (unpaired) electrons. The molecule has 0 aliphatic carbocycles. The molecule has 0 bridgehead atoms. The second kappa shape index (κ2) is 5.22. The SMILES string of the molecule is C=NC=N/C=C(\C)CC. The van der Waals surface area contributed by atoms with Crippen LogP contribution in [-0.4, -0.2) is 13.1 Å². The van der Waals surface area contributed by atoms with Gasteiger partial charge in [-0.3, -0.25) is 4.99 Å². The van der Waals surface area contributed by atoms with Gasteiger partial charge in [0.1, 0.15) is 6.34 Å². The van der Waals surface area contributed by atoms with E-state index in [0.717, 1.165) is 6.42 Å². The van der Waals surface area contributed by atoms with Crippen molar-refractivity contribution in [3.05, 3.63) is 11.8 Å². The summed E-state index contributed by atoms with van der Waals surface area (Å²) in [6, 6.07) is 0. The fourth-order valence-electron chi connectivity index (χ4n) is 0.299. The van der Waals surface area contributed by atoms with Crippen LogP contribution in [0.2, 0.25) is 0 Å². The zero-order chi connectivity index (χ0) is 7.11. The summed E-state index contributed by atoms with van der Waals surface area (Å²) < 4.78 is 0. The first-order chi connectivity index (χ1) is 4.31. The topological polar surface area (TPSA) is 24.7 Å². The molecule has 0 aromatic heterocycles. The molecule has 9 heavy (non-hydrogen) atoms. The predicted octanol–water partition coefficient (Wildman–Crippen LogP) is 2.03. The predicted molar refractivity (Wildman–Crippen MR) is 42.1 cm³/mol. The van der Waals surface area contributed by atoms with Crippen LogP contribution in [-0.2, 0) is 0 Å². The molecule has 0 aliphatic rings. The second-order valence-corrected chi connectivity index (χ2v) is 1.78. The normalized spacial score (nSPS) is 12.4. The van der Waals surface area contributed by atoms with E-state index >= 15 is 0 Å². The van der Waals surface area contributed by atoms with Gasteiger partial charge in [-0.2, -0.15) is 0 Å². The van der Waals surface area contributed by atoms with Gasteiger partial charge in [0, 0.05) is 6.20 Å². The molecule has 50 valence electrons. The van der Waals surface area contributed by atoms with Crippen LogP contribution in [0.15, 0.2) is 21.8 Å². The Hall–Kier alpha value is -0.920. The molecule has 0 fully saturated rings. The van der Waals surface area contributed by atoms with Gasteiger partial charge < -0.3 is 0 Å². The van der Waals surface area contributed by atoms with Crippen molar-refractivity contribution in [1.29, 1.82) is 0 Å². The largest absolute Gasteiger partial charge is 0.253 e. The minimum absolute atomic E-state index is 1.04. The fourth-order valence-corrected chi connectivity index (χ4v) is 0.299. The number of hydrogen-bond acceptors (Lipinski definition) is 1. The van der Waals surface area contributed by atoms with Gasteiger partial charge in [0.15, 0.2) is 0 Å². The Morgan fingerprint density at radius 3 is 2.78 bits per heavy atom. The molecule has 0 amide bonds. The van der Waals surface area contributed by atoms with Crippen LogP contribution in [0.3, 0.4) is 0 Å². The smallest absolute Gasteiger partial charge is 0.114 e. The number of nitrogens with zero attached hydrogens (tertiary/aromatic N) is 2. The molecule has 0 N–H and O–H groups in total. The molecule has 0 saturated heterocycles. The van der Waals surface area contributed by atoms with E-state index in [1.807, 2.05) is 6.92 Å². The van der Waals surface area contributed by atoms with E-state index in [0.29, 0.717) is 0 Å². The lowest BCUT2D eigenvalue weighted by atomic mass is 10.3. The maximum absolute atomic E-state index is 3.84. The van der Waals surface area contributed by atoms with E-state index in [1.54, 1.807) is 6.20 Å². The van der Waals surface area contributed by atoms with Crippen molar-refractivity contribution in [2.75, 3.05) is 0 Å². The molecular formula is C7H12N2. The van der Waals surface area contributed by atoms with E-state index in [-0.39, 0.29) is 0 Å². The van der Waals surface area contributed by atoms with Crippen LogP contribution in [0, 0.1) is 0 Å². The highest BCUT2D eigenvalue weighted by atomic mass is 14.8. The van der Waals surface area contributed by atoms with Crippen molar-refractivity contribution in [2.45, 2.75) is 20.3 Å². The summed E-state index contributed by atoms with van der Waals surface area (Å²) >= 11 is 0. The first kappa shape index (κ1) is 8.08. The van der Waals surface area contributed by atoms with Gasteiger partial charge in [0.2, 0.25) is 0 Å². The van der Waals surface area contributed by atoms with Crippen molar-refractivity contribution < 1.29 is 0 Å². The highest BCUT2D eigenvalue weighted by Gasteiger charge is 1.77. The van der Waals surface area contributed by atoms with Gasteiger partial charge in [-0.15, -0.1) is 0 Å². The Kier molecular flexibility index (Phi) is 4.69. The summed E-state index contributed by atoms with van der Waals surface area (Å²) in [5.74, 6) is 0. The molecule has 2 nitrogen and oxygen atoms in total. The molecule has 0 rings (SSSR count). The number of allylic oxidation sites excluding steroid dienone is 1. The van der Waals surface area contributed by atoms with Gasteiger partial charge in [0.05, 0.1) is 0 Å². The van der Waals surface area contributed by atoms with Crippen LogP contribution >= 0.6 is 0 Å². The molecule has 0 aliphatic heterocycles. The number of rotatable bonds is 3. The minimum atomic E-state index is 1.04. The quantitative estimate of drug-likeness (QED) is 0.406. The summed E-state index contributed by atoms with van der Waals surface area (Å²) in [6.45, 7) is 7.37. The molecule has 0 saturated carbocycles. The van der Waals surface area contributed by atoms with Crippen LogP contribution in [0.1, 0.15) is 20.3 Å². The maximum atomic E-state index is 3.84. The minimum Gasteiger partial charge on any atom is -0.253 e. The zero-order valence-corrected chi connectivity index (χ0v) is 5.96.